The fraction of sp³-hybridized carbons (Fsp3) is 0.882. The highest BCUT2D eigenvalue weighted by Gasteiger charge is 2.23. The van der Waals surface area contributed by atoms with Gasteiger partial charge in [-0.15, -0.1) is 0 Å². The Bertz CT molecular complexity index is 367. The van der Waals surface area contributed by atoms with Crippen molar-refractivity contribution >= 4 is 11.9 Å². The molecular weight excluding hydrogens is 280 g/mol. The van der Waals surface area contributed by atoms with E-state index in [1.54, 1.807) is 0 Å². The molecule has 0 unspecified atom stereocenters. The summed E-state index contributed by atoms with van der Waals surface area (Å²) in [5, 5.41) is 8.65. The monoisotopic (exact) mass is 310 g/mol. The number of amides is 1. The Kier molecular flexibility index (Phi) is 7.16. The predicted molar refractivity (Wildman–Crippen MR) is 85.7 cm³/mol. The molecule has 0 atom stereocenters. The number of aliphatic carboxylic acids is 1. The molecule has 2 rings (SSSR count). The molecule has 22 heavy (non-hydrogen) atoms. The van der Waals surface area contributed by atoms with Gasteiger partial charge in [-0.3, -0.25) is 9.59 Å². The van der Waals surface area contributed by atoms with Crippen LogP contribution in [0.3, 0.4) is 0 Å². The van der Waals surface area contributed by atoms with Gasteiger partial charge < -0.3 is 14.9 Å². The number of carbonyl (C=O) groups is 2. The Hall–Kier alpha value is -1.10. The van der Waals surface area contributed by atoms with E-state index >= 15 is 0 Å². The molecule has 0 aromatic rings. The predicted octanol–water partition coefficient (Wildman–Crippen LogP) is 2.36. The molecule has 1 saturated carbocycles. The first-order chi connectivity index (χ1) is 10.6. The number of unbranched alkanes of at least 4 members (excludes halogenated alkanes) is 1. The van der Waals surface area contributed by atoms with E-state index in [2.05, 4.69) is 9.80 Å². The second-order valence-electron chi connectivity index (χ2n) is 6.78. The molecule has 1 saturated heterocycles. The summed E-state index contributed by atoms with van der Waals surface area (Å²) >= 11 is 0. The smallest absolute Gasteiger partial charge is 0.303 e. The Morgan fingerprint density at radius 2 is 1.73 bits per heavy atom. The van der Waals surface area contributed by atoms with Crippen molar-refractivity contribution in [2.45, 2.75) is 57.8 Å². The molecule has 1 aliphatic heterocycles. The van der Waals surface area contributed by atoms with Crippen LogP contribution in [-0.2, 0) is 9.59 Å². The minimum atomic E-state index is -0.709. The highest BCUT2D eigenvalue weighted by atomic mass is 16.4. The summed E-state index contributed by atoms with van der Waals surface area (Å²) in [6.45, 7) is 4.64. The summed E-state index contributed by atoms with van der Waals surface area (Å²) < 4.78 is 0. The van der Waals surface area contributed by atoms with Crippen LogP contribution < -0.4 is 0 Å². The largest absolute Gasteiger partial charge is 0.481 e. The molecule has 0 spiro atoms. The molecule has 2 fully saturated rings. The van der Waals surface area contributed by atoms with Crippen molar-refractivity contribution in [2.75, 3.05) is 32.7 Å². The second kappa shape index (κ2) is 9.13. The average molecular weight is 310 g/mol. The first-order valence-electron chi connectivity index (χ1n) is 8.87. The highest BCUT2D eigenvalue weighted by molar-refractivity contribution is 5.76. The van der Waals surface area contributed by atoms with Crippen LogP contribution in [0.25, 0.3) is 0 Å². The van der Waals surface area contributed by atoms with Crippen LogP contribution >= 0.6 is 0 Å². The van der Waals surface area contributed by atoms with E-state index in [-0.39, 0.29) is 6.42 Å². The fourth-order valence-electron chi connectivity index (χ4n) is 3.65. The maximum Gasteiger partial charge on any atom is 0.303 e. The molecule has 0 aromatic carbocycles. The van der Waals surface area contributed by atoms with Gasteiger partial charge >= 0.3 is 5.97 Å². The maximum atomic E-state index is 12.4. The van der Waals surface area contributed by atoms with Crippen LogP contribution in [0, 0.1) is 5.92 Å². The van der Waals surface area contributed by atoms with Crippen molar-refractivity contribution in [3.05, 3.63) is 0 Å². The highest BCUT2D eigenvalue weighted by Crippen LogP contribution is 2.28. The zero-order chi connectivity index (χ0) is 15.8. The van der Waals surface area contributed by atoms with E-state index in [0.29, 0.717) is 11.8 Å². The Morgan fingerprint density at radius 3 is 2.45 bits per heavy atom. The molecule has 0 radical (unpaired) electrons. The lowest BCUT2D eigenvalue weighted by Crippen LogP contribution is -2.36. The van der Waals surface area contributed by atoms with E-state index in [0.717, 1.165) is 58.4 Å². The molecule has 5 nitrogen and oxygen atoms in total. The van der Waals surface area contributed by atoms with E-state index in [9.17, 15) is 9.59 Å². The number of nitrogens with zero attached hydrogens (tertiary/aromatic N) is 2. The van der Waals surface area contributed by atoms with Gasteiger partial charge in [0.1, 0.15) is 0 Å². The third kappa shape index (κ3) is 5.95. The van der Waals surface area contributed by atoms with Gasteiger partial charge in [0.05, 0.1) is 0 Å². The second-order valence-corrected chi connectivity index (χ2v) is 6.78. The minimum absolute atomic E-state index is 0.264. The molecule has 1 N–H and O–H groups in total. The lowest BCUT2D eigenvalue weighted by molar-refractivity contribution is -0.137. The van der Waals surface area contributed by atoms with E-state index in [4.69, 9.17) is 5.11 Å². The Morgan fingerprint density at radius 1 is 0.955 bits per heavy atom. The lowest BCUT2D eigenvalue weighted by atomic mass is 10.0. The number of carboxylic acids is 1. The third-order valence-electron chi connectivity index (χ3n) is 4.99. The summed E-state index contributed by atoms with van der Waals surface area (Å²) in [6.07, 6.45) is 8.78. The summed E-state index contributed by atoms with van der Waals surface area (Å²) in [6, 6.07) is 0. The Balaban J connectivity index is 1.65. The zero-order valence-corrected chi connectivity index (χ0v) is 13.6. The van der Waals surface area contributed by atoms with Gasteiger partial charge in [0.2, 0.25) is 5.91 Å². The standard InChI is InChI=1S/C17H30N2O3/c20-16(14-15-6-1-2-7-15)19-11-5-10-18(12-13-19)9-4-3-8-17(21)22/h15H,1-14H2,(H,21,22). The Labute approximate surface area is 133 Å². The van der Waals surface area contributed by atoms with Crippen LogP contribution in [-0.4, -0.2) is 59.5 Å². The van der Waals surface area contributed by atoms with Crippen molar-refractivity contribution in [1.82, 2.24) is 9.80 Å². The average Bonchev–Trinajstić information content (AvgIpc) is 2.87. The molecule has 1 amide bonds. The van der Waals surface area contributed by atoms with E-state index in [1.807, 2.05) is 0 Å². The molecular formula is C17H30N2O3. The van der Waals surface area contributed by atoms with E-state index in [1.165, 1.54) is 25.7 Å². The van der Waals surface area contributed by atoms with Gasteiger partial charge in [0.15, 0.2) is 0 Å². The van der Waals surface area contributed by atoms with E-state index < -0.39 is 5.97 Å². The number of rotatable bonds is 7. The SMILES string of the molecule is O=C(O)CCCCN1CCCN(C(=O)CC2CCCC2)CC1. The van der Waals surface area contributed by atoms with Gasteiger partial charge in [-0.1, -0.05) is 12.8 Å². The maximum absolute atomic E-state index is 12.4. The van der Waals surface area contributed by atoms with Gasteiger partial charge in [0.25, 0.3) is 0 Å². The quantitative estimate of drug-likeness (QED) is 0.733. The van der Waals surface area contributed by atoms with Crippen molar-refractivity contribution < 1.29 is 14.7 Å². The molecule has 2 aliphatic rings. The molecule has 0 aromatic heterocycles. The first-order valence-corrected chi connectivity index (χ1v) is 8.87. The lowest BCUT2D eigenvalue weighted by Gasteiger charge is -2.23. The van der Waals surface area contributed by atoms with Gasteiger partial charge in [-0.25, -0.2) is 0 Å². The topological polar surface area (TPSA) is 60.9 Å². The third-order valence-corrected chi connectivity index (χ3v) is 4.99. The van der Waals surface area contributed by atoms with Crippen molar-refractivity contribution in [3.8, 4) is 0 Å². The van der Waals surface area contributed by atoms with Crippen LogP contribution in [0.1, 0.15) is 57.8 Å². The summed E-state index contributed by atoms with van der Waals surface area (Å²) in [5.74, 6) is 0.266. The molecule has 1 aliphatic carbocycles. The number of carboxylic acid groups (broad SMARTS) is 1. The molecule has 0 bridgehead atoms. The number of hydrogen-bond donors (Lipinski definition) is 1. The zero-order valence-electron chi connectivity index (χ0n) is 13.6. The minimum Gasteiger partial charge on any atom is -0.481 e. The van der Waals surface area contributed by atoms with Crippen molar-refractivity contribution in [2.24, 2.45) is 5.92 Å². The van der Waals surface area contributed by atoms with Gasteiger partial charge in [0, 0.05) is 32.5 Å². The molecule has 126 valence electrons. The van der Waals surface area contributed by atoms with Crippen molar-refractivity contribution in [1.29, 1.82) is 0 Å². The van der Waals surface area contributed by atoms with Gasteiger partial charge in [-0.05, 0) is 51.1 Å². The summed E-state index contributed by atoms with van der Waals surface area (Å²) in [7, 11) is 0. The number of carbonyl (C=O) groups excluding carboxylic acids is 1. The molecule has 1 heterocycles. The summed E-state index contributed by atoms with van der Waals surface area (Å²) in [5.41, 5.74) is 0. The first kappa shape index (κ1) is 17.3. The molecule has 5 heteroatoms. The number of hydrogen-bond acceptors (Lipinski definition) is 3. The summed E-state index contributed by atoms with van der Waals surface area (Å²) in [4.78, 5) is 27.3. The van der Waals surface area contributed by atoms with Crippen LogP contribution in [0.15, 0.2) is 0 Å². The van der Waals surface area contributed by atoms with Crippen LogP contribution in [0.5, 0.6) is 0 Å². The van der Waals surface area contributed by atoms with Crippen molar-refractivity contribution in [3.63, 3.8) is 0 Å². The van der Waals surface area contributed by atoms with Crippen LogP contribution in [0.2, 0.25) is 0 Å². The normalized spacial score (nSPS) is 21.0. The van der Waals surface area contributed by atoms with Gasteiger partial charge in [-0.2, -0.15) is 0 Å². The van der Waals surface area contributed by atoms with Crippen LogP contribution in [0.4, 0.5) is 0 Å². The fourth-order valence-corrected chi connectivity index (χ4v) is 3.65.